The summed E-state index contributed by atoms with van der Waals surface area (Å²) < 4.78 is 26.1. The average Bonchev–Trinajstić information content (AvgIpc) is 2.87. The second kappa shape index (κ2) is 10.0. The summed E-state index contributed by atoms with van der Waals surface area (Å²) in [5.74, 6) is -1.52. The number of fused-ring (bicyclic) bond motifs is 1. The predicted molar refractivity (Wildman–Crippen MR) is 141 cm³/mol. The van der Waals surface area contributed by atoms with E-state index in [2.05, 4.69) is 0 Å². The van der Waals surface area contributed by atoms with Gasteiger partial charge in [0.1, 0.15) is 6.17 Å². The van der Waals surface area contributed by atoms with Crippen LogP contribution < -0.4 is 4.74 Å². The van der Waals surface area contributed by atoms with Crippen molar-refractivity contribution in [3.05, 3.63) is 93.0 Å². The first-order valence-electron chi connectivity index (χ1n) is 12.4. The Morgan fingerprint density at radius 2 is 1.58 bits per heavy atom. The molecule has 0 saturated carbocycles. The molecule has 0 saturated heterocycles. The fraction of sp³-hybridized carbons (Fsp3) is 0.333. The molecule has 3 aromatic rings. The van der Waals surface area contributed by atoms with Crippen LogP contribution in [-0.2, 0) is 15.6 Å². The van der Waals surface area contributed by atoms with E-state index in [0.717, 1.165) is 0 Å². The number of nitro groups is 1. The van der Waals surface area contributed by atoms with Gasteiger partial charge in [-0.15, -0.1) is 0 Å². The molecule has 4 rings (SSSR count). The Kier molecular flexibility index (Phi) is 7.10. The minimum Gasteiger partial charge on any atom is -0.487 e. The zero-order valence-corrected chi connectivity index (χ0v) is 22.0. The van der Waals surface area contributed by atoms with E-state index in [4.69, 9.17) is 9.47 Å². The van der Waals surface area contributed by atoms with Crippen LogP contribution in [0.4, 0.5) is 10.1 Å². The van der Waals surface area contributed by atoms with Crippen molar-refractivity contribution in [3.8, 4) is 16.9 Å². The molecule has 0 aliphatic heterocycles. The van der Waals surface area contributed by atoms with Crippen LogP contribution in [0.3, 0.4) is 0 Å². The molecule has 38 heavy (non-hydrogen) atoms. The van der Waals surface area contributed by atoms with Gasteiger partial charge in [0.05, 0.1) is 22.7 Å². The SMILES string of the molecule is CCOc1c(-c2ccc(C(=O)OC(=O)c3ccccc3)cc2)cc2c(c1[N+](=O)[O-])C(C)(C)C(F)CC2(C)C. The molecule has 3 aromatic carbocycles. The molecule has 0 bridgehead atoms. The Morgan fingerprint density at radius 1 is 1.00 bits per heavy atom. The van der Waals surface area contributed by atoms with Gasteiger partial charge < -0.3 is 9.47 Å². The summed E-state index contributed by atoms with van der Waals surface area (Å²) in [4.78, 5) is 36.8. The third-order valence-corrected chi connectivity index (χ3v) is 7.20. The molecule has 0 heterocycles. The first-order valence-corrected chi connectivity index (χ1v) is 12.4. The van der Waals surface area contributed by atoms with E-state index in [9.17, 15) is 19.7 Å². The van der Waals surface area contributed by atoms with Crippen molar-refractivity contribution < 1.29 is 28.4 Å². The molecule has 1 aliphatic carbocycles. The van der Waals surface area contributed by atoms with E-state index in [1.165, 1.54) is 12.1 Å². The number of hydrogen-bond acceptors (Lipinski definition) is 6. The molecule has 0 radical (unpaired) electrons. The summed E-state index contributed by atoms with van der Waals surface area (Å²) in [6, 6.07) is 16.2. The van der Waals surface area contributed by atoms with Gasteiger partial charge in [0.25, 0.3) is 0 Å². The van der Waals surface area contributed by atoms with E-state index in [-0.39, 0.29) is 35.6 Å². The number of rotatable bonds is 6. The van der Waals surface area contributed by atoms with E-state index < -0.39 is 33.9 Å². The highest BCUT2D eigenvalue weighted by Gasteiger charge is 2.50. The molecule has 8 heteroatoms. The second-order valence-corrected chi connectivity index (χ2v) is 10.6. The molecule has 0 spiro atoms. The maximum atomic E-state index is 15.3. The second-order valence-electron chi connectivity index (χ2n) is 10.6. The molecular formula is C30H30FNO6. The van der Waals surface area contributed by atoms with E-state index in [0.29, 0.717) is 22.3 Å². The Bertz CT molecular complexity index is 1400. The molecule has 1 unspecified atom stereocenters. The summed E-state index contributed by atoms with van der Waals surface area (Å²) in [5.41, 5.74) is 0.492. The zero-order chi connectivity index (χ0) is 27.8. The Labute approximate surface area is 220 Å². The summed E-state index contributed by atoms with van der Waals surface area (Å²) in [7, 11) is 0. The van der Waals surface area contributed by atoms with E-state index >= 15 is 4.39 Å². The van der Waals surface area contributed by atoms with Gasteiger partial charge in [-0.1, -0.05) is 58.0 Å². The van der Waals surface area contributed by atoms with Crippen LogP contribution in [-0.4, -0.2) is 29.6 Å². The quantitative estimate of drug-likeness (QED) is 0.151. The number of nitrogens with zero attached hydrogens (tertiary/aromatic N) is 1. The molecule has 0 N–H and O–H groups in total. The number of benzene rings is 3. The van der Waals surface area contributed by atoms with Crippen molar-refractivity contribution >= 4 is 17.6 Å². The highest BCUT2D eigenvalue weighted by molar-refractivity contribution is 6.02. The van der Waals surface area contributed by atoms with Gasteiger partial charge in [0.15, 0.2) is 0 Å². The number of carbonyl (C=O) groups excluding carboxylic acids is 2. The van der Waals surface area contributed by atoms with Gasteiger partial charge in [-0.2, -0.15) is 0 Å². The van der Waals surface area contributed by atoms with Crippen molar-refractivity contribution in [1.82, 2.24) is 0 Å². The number of nitro benzene ring substituents is 1. The summed E-state index contributed by atoms with van der Waals surface area (Å²) in [5, 5.41) is 12.4. The highest BCUT2D eigenvalue weighted by atomic mass is 19.1. The first kappa shape index (κ1) is 27.0. The predicted octanol–water partition coefficient (Wildman–Crippen LogP) is 6.95. The minimum absolute atomic E-state index is 0.0591. The molecule has 1 aliphatic rings. The summed E-state index contributed by atoms with van der Waals surface area (Å²) >= 11 is 0. The largest absolute Gasteiger partial charge is 0.487 e. The zero-order valence-electron chi connectivity index (χ0n) is 22.0. The molecule has 198 valence electrons. The van der Waals surface area contributed by atoms with Crippen molar-refractivity contribution in [2.24, 2.45) is 0 Å². The first-order chi connectivity index (χ1) is 17.9. The lowest BCUT2D eigenvalue weighted by Crippen LogP contribution is -2.43. The maximum absolute atomic E-state index is 15.3. The smallest absolute Gasteiger partial charge is 0.346 e. The Balaban J connectivity index is 1.79. The molecule has 7 nitrogen and oxygen atoms in total. The van der Waals surface area contributed by atoms with E-state index in [1.807, 2.05) is 19.9 Å². The summed E-state index contributed by atoms with van der Waals surface area (Å²) in [6.07, 6.45) is -1.05. The third kappa shape index (κ3) is 4.78. The number of carbonyl (C=O) groups is 2. The molecular weight excluding hydrogens is 489 g/mol. The van der Waals surface area contributed by atoms with Crippen LogP contribution in [0, 0.1) is 10.1 Å². The van der Waals surface area contributed by atoms with Crippen LogP contribution in [0.1, 0.15) is 72.9 Å². The highest BCUT2D eigenvalue weighted by Crippen LogP contribution is 2.55. The lowest BCUT2D eigenvalue weighted by Gasteiger charge is -2.44. The van der Waals surface area contributed by atoms with Gasteiger partial charge in [0, 0.05) is 16.5 Å². The van der Waals surface area contributed by atoms with Gasteiger partial charge in [-0.25, -0.2) is 14.0 Å². The topological polar surface area (TPSA) is 95.7 Å². The fourth-order valence-corrected chi connectivity index (χ4v) is 5.05. The van der Waals surface area contributed by atoms with Crippen LogP contribution in [0.25, 0.3) is 11.1 Å². The molecule has 0 aromatic heterocycles. The lowest BCUT2D eigenvalue weighted by molar-refractivity contribution is -0.387. The molecule has 1 atom stereocenters. The standard InChI is InChI=1S/C30H30FNO6/c1-6-37-26-21(16-22-24(25(26)32(35)36)30(4,5)23(31)17-29(22,2)3)18-12-14-20(15-13-18)28(34)38-27(33)19-10-8-7-9-11-19/h7-16,23H,6,17H2,1-5H3. The molecule has 0 amide bonds. The Morgan fingerprint density at radius 3 is 2.13 bits per heavy atom. The summed E-state index contributed by atoms with van der Waals surface area (Å²) in [6.45, 7) is 9.02. The average molecular weight is 520 g/mol. The van der Waals surface area contributed by atoms with E-state index in [1.54, 1.807) is 63.2 Å². The number of alkyl halides is 1. The van der Waals surface area contributed by atoms with Crippen LogP contribution >= 0.6 is 0 Å². The van der Waals surface area contributed by atoms with Gasteiger partial charge in [-0.3, -0.25) is 10.1 Å². The number of esters is 2. The van der Waals surface area contributed by atoms with Crippen LogP contribution in [0.5, 0.6) is 5.75 Å². The number of hydrogen-bond donors (Lipinski definition) is 0. The van der Waals surface area contributed by atoms with Gasteiger partial charge in [0.2, 0.25) is 5.75 Å². The molecule has 0 fully saturated rings. The monoisotopic (exact) mass is 519 g/mol. The van der Waals surface area contributed by atoms with Gasteiger partial charge >= 0.3 is 17.6 Å². The number of ether oxygens (including phenoxy) is 2. The lowest BCUT2D eigenvalue weighted by atomic mass is 9.61. The number of halogens is 1. The van der Waals surface area contributed by atoms with Crippen molar-refractivity contribution in [2.75, 3.05) is 6.61 Å². The third-order valence-electron chi connectivity index (χ3n) is 7.20. The van der Waals surface area contributed by atoms with Gasteiger partial charge in [-0.05, 0) is 60.2 Å². The Hall–Kier alpha value is -4.07. The van der Waals surface area contributed by atoms with Crippen LogP contribution in [0.15, 0.2) is 60.7 Å². The fourth-order valence-electron chi connectivity index (χ4n) is 5.05. The normalized spacial score (nSPS) is 17.3. The minimum atomic E-state index is -1.27. The van der Waals surface area contributed by atoms with Crippen molar-refractivity contribution in [3.63, 3.8) is 0 Å². The van der Waals surface area contributed by atoms with Crippen molar-refractivity contribution in [2.45, 2.75) is 58.0 Å². The maximum Gasteiger partial charge on any atom is 0.346 e. The van der Waals surface area contributed by atoms with Crippen LogP contribution in [0.2, 0.25) is 0 Å². The van der Waals surface area contributed by atoms with Crippen molar-refractivity contribution in [1.29, 1.82) is 0 Å².